The van der Waals surface area contributed by atoms with Crippen LogP contribution in [-0.4, -0.2) is 31.6 Å². The second kappa shape index (κ2) is 4.53. The van der Waals surface area contributed by atoms with Gasteiger partial charge >= 0.3 is 0 Å². The Labute approximate surface area is 93.2 Å². The van der Waals surface area contributed by atoms with Crippen molar-refractivity contribution in [3.63, 3.8) is 0 Å². The van der Waals surface area contributed by atoms with E-state index in [1.807, 2.05) is 16.4 Å². The smallest absolute Gasteiger partial charge is 0.138 e. The Morgan fingerprint density at radius 3 is 3.14 bits per heavy atom. The average molecular weight is 232 g/mol. The summed E-state index contributed by atoms with van der Waals surface area (Å²) in [5, 5.41) is 4.46. The monoisotopic (exact) mass is 231 g/mol. The number of alkyl halides is 1. The number of rotatable bonds is 3. The number of halogens is 1. The minimum absolute atomic E-state index is 0.307. The van der Waals surface area contributed by atoms with Gasteiger partial charge in [0.05, 0.1) is 0 Å². The molecule has 1 fully saturated rings. The van der Waals surface area contributed by atoms with Crippen LogP contribution in [0.3, 0.4) is 0 Å². The molecule has 0 N–H and O–H groups in total. The normalized spacial score (nSPS) is 27.0. The van der Waals surface area contributed by atoms with Crippen molar-refractivity contribution < 1.29 is 0 Å². The second-order valence-electron chi connectivity index (χ2n) is 3.51. The molecule has 0 bridgehead atoms. The summed E-state index contributed by atoms with van der Waals surface area (Å²) < 4.78 is 1.95. The molecule has 2 unspecified atom stereocenters. The fraction of sp³-hybridized carbons (Fsp3) is 0.778. The highest BCUT2D eigenvalue weighted by Gasteiger charge is 2.27. The highest BCUT2D eigenvalue weighted by atomic mass is 35.5. The van der Waals surface area contributed by atoms with E-state index in [1.165, 1.54) is 0 Å². The molecule has 2 atom stereocenters. The van der Waals surface area contributed by atoms with Crippen LogP contribution in [0.25, 0.3) is 0 Å². The highest BCUT2D eigenvalue weighted by Crippen LogP contribution is 2.30. The van der Waals surface area contributed by atoms with E-state index in [1.54, 1.807) is 6.33 Å². The molecule has 1 aromatic rings. The Balaban J connectivity index is 2.02. The molecule has 0 amide bonds. The summed E-state index contributed by atoms with van der Waals surface area (Å²) in [4.78, 5) is 4.27. The Morgan fingerprint density at radius 2 is 2.50 bits per heavy atom. The highest BCUT2D eigenvalue weighted by molar-refractivity contribution is 7.99. The third-order valence-electron chi connectivity index (χ3n) is 2.56. The third-order valence-corrected chi connectivity index (χ3v) is 4.51. The first kappa shape index (κ1) is 10.3. The van der Waals surface area contributed by atoms with E-state index in [4.69, 9.17) is 11.6 Å². The number of hydrogen-bond donors (Lipinski definition) is 0. The van der Waals surface area contributed by atoms with Gasteiger partial charge in [0.15, 0.2) is 0 Å². The molecule has 78 valence electrons. The first-order chi connectivity index (χ1) is 6.81. The molecule has 1 aliphatic heterocycles. The molecule has 0 aromatic carbocycles. The van der Waals surface area contributed by atoms with Gasteiger partial charge in [-0.3, -0.25) is 4.68 Å². The minimum Gasteiger partial charge on any atom is -0.250 e. The SMILES string of the molecule is CCn1ncnc1CC1CSCC1Cl. The topological polar surface area (TPSA) is 30.7 Å². The van der Waals surface area contributed by atoms with Gasteiger partial charge in [0.2, 0.25) is 0 Å². The summed E-state index contributed by atoms with van der Waals surface area (Å²) >= 11 is 8.15. The molecule has 2 heterocycles. The van der Waals surface area contributed by atoms with Gasteiger partial charge in [0, 0.05) is 24.1 Å². The second-order valence-corrected chi connectivity index (χ2v) is 5.15. The molecule has 5 heteroatoms. The predicted molar refractivity (Wildman–Crippen MR) is 59.9 cm³/mol. The summed E-state index contributed by atoms with van der Waals surface area (Å²) in [5.41, 5.74) is 0. The van der Waals surface area contributed by atoms with Crippen LogP contribution in [0.5, 0.6) is 0 Å². The minimum atomic E-state index is 0.307. The lowest BCUT2D eigenvalue weighted by Gasteiger charge is -2.11. The Bertz CT molecular complexity index is 302. The van der Waals surface area contributed by atoms with E-state index in [-0.39, 0.29) is 0 Å². The Hall–Kier alpha value is -0.220. The first-order valence-corrected chi connectivity index (χ1v) is 6.49. The van der Waals surface area contributed by atoms with E-state index in [2.05, 4.69) is 17.0 Å². The molecular weight excluding hydrogens is 218 g/mol. The van der Waals surface area contributed by atoms with Crippen LogP contribution < -0.4 is 0 Å². The van der Waals surface area contributed by atoms with Crippen molar-refractivity contribution in [3.05, 3.63) is 12.2 Å². The van der Waals surface area contributed by atoms with Crippen LogP contribution in [0.4, 0.5) is 0 Å². The maximum atomic E-state index is 6.21. The van der Waals surface area contributed by atoms with E-state index >= 15 is 0 Å². The van der Waals surface area contributed by atoms with Crippen molar-refractivity contribution in [2.75, 3.05) is 11.5 Å². The van der Waals surface area contributed by atoms with Crippen molar-refractivity contribution in [1.29, 1.82) is 0 Å². The lowest BCUT2D eigenvalue weighted by atomic mass is 10.0. The van der Waals surface area contributed by atoms with Gasteiger partial charge in [-0.1, -0.05) is 0 Å². The lowest BCUT2D eigenvalue weighted by molar-refractivity contribution is 0.534. The number of aromatic nitrogens is 3. The third kappa shape index (κ3) is 2.06. The van der Waals surface area contributed by atoms with Gasteiger partial charge in [-0.15, -0.1) is 11.6 Å². The fourth-order valence-electron chi connectivity index (χ4n) is 1.70. The van der Waals surface area contributed by atoms with Gasteiger partial charge in [0.25, 0.3) is 0 Å². The summed E-state index contributed by atoms with van der Waals surface area (Å²) in [5.74, 6) is 3.87. The Morgan fingerprint density at radius 1 is 1.64 bits per heavy atom. The average Bonchev–Trinajstić information content (AvgIpc) is 2.77. The molecule has 1 saturated heterocycles. The van der Waals surface area contributed by atoms with Crippen molar-refractivity contribution in [3.8, 4) is 0 Å². The van der Waals surface area contributed by atoms with Crippen LogP contribution in [0.1, 0.15) is 12.7 Å². The van der Waals surface area contributed by atoms with E-state index in [9.17, 15) is 0 Å². The largest absolute Gasteiger partial charge is 0.250 e. The van der Waals surface area contributed by atoms with Crippen molar-refractivity contribution in [1.82, 2.24) is 14.8 Å². The van der Waals surface area contributed by atoms with Gasteiger partial charge < -0.3 is 0 Å². The summed E-state index contributed by atoms with van der Waals surface area (Å²) in [7, 11) is 0. The maximum Gasteiger partial charge on any atom is 0.138 e. The number of thioether (sulfide) groups is 1. The summed E-state index contributed by atoms with van der Waals surface area (Å²) in [6.45, 7) is 2.97. The number of hydrogen-bond acceptors (Lipinski definition) is 3. The van der Waals surface area contributed by atoms with Gasteiger partial charge in [-0.2, -0.15) is 16.9 Å². The van der Waals surface area contributed by atoms with Crippen LogP contribution in [0.15, 0.2) is 6.33 Å². The summed E-state index contributed by atoms with van der Waals surface area (Å²) in [6.07, 6.45) is 2.60. The predicted octanol–water partition coefficient (Wildman–Crippen LogP) is 1.81. The standard InChI is InChI=1S/C9H14ClN3S/c1-2-13-9(11-6-12-13)3-7-4-14-5-8(7)10/h6-8H,2-5H2,1H3. The zero-order chi connectivity index (χ0) is 9.97. The molecule has 0 aliphatic carbocycles. The van der Waals surface area contributed by atoms with E-state index in [0.717, 1.165) is 30.3 Å². The van der Waals surface area contributed by atoms with Gasteiger partial charge in [0.1, 0.15) is 12.2 Å². The maximum absolute atomic E-state index is 6.21. The fourth-order valence-corrected chi connectivity index (χ4v) is 3.54. The zero-order valence-corrected chi connectivity index (χ0v) is 9.76. The number of nitrogens with zero attached hydrogens (tertiary/aromatic N) is 3. The molecule has 3 nitrogen and oxygen atoms in total. The van der Waals surface area contributed by atoms with Crippen molar-refractivity contribution >= 4 is 23.4 Å². The molecular formula is C9H14ClN3S. The quantitative estimate of drug-likeness (QED) is 0.744. The van der Waals surface area contributed by atoms with Crippen molar-refractivity contribution in [2.24, 2.45) is 5.92 Å². The number of aryl methyl sites for hydroxylation is 1. The Kier molecular flexibility index (Phi) is 3.34. The first-order valence-electron chi connectivity index (χ1n) is 4.89. The summed E-state index contributed by atoms with van der Waals surface area (Å²) in [6, 6.07) is 0. The molecule has 2 rings (SSSR count). The van der Waals surface area contributed by atoms with Crippen LogP contribution in [0, 0.1) is 5.92 Å². The van der Waals surface area contributed by atoms with Gasteiger partial charge in [-0.25, -0.2) is 4.98 Å². The van der Waals surface area contributed by atoms with Crippen LogP contribution in [-0.2, 0) is 13.0 Å². The van der Waals surface area contributed by atoms with Crippen molar-refractivity contribution in [2.45, 2.75) is 25.3 Å². The van der Waals surface area contributed by atoms with Gasteiger partial charge in [-0.05, 0) is 18.6 Å². The van der Waals surface area contributed by atoms with E-state index in [0.29, 0.717) is 11.3 Å². The zero-order valence-electron chi connectivity index (χ0n) is 8.19. The van der Waals surface area contributed by atoms with Crippen LogP contribution in [0.2, 0.25) is 0 Å². The molecule has 0 radical (unpaired) electrons. The molecule has 14 heavy (non-hydrogen) atoms. The van der Waals surface area contributed by atoms with E-state index < -0.39 is 0 Å². The van der Waals surface area contributed by atoms with Crippen LogP contribution >= 0.6 is 23.4 Å². The molecule has 0 saturated carbocycles. The molecule has 1 aromatic heterocycles. The molecule has 1 aliphatic rings. The lowest BCUT2D eigenvalue weighted by Crippen LogP contribution is -2.17. The molecule has 0 spiro atoms.